The van der Waals surface area contributed by atoms with E-state index in [1.165, 1.54) is 0 Å². The fourth-order valence-electron chi connectivity index (χ4n) is 2.70. The van der Waals surface area contributed by atoms with Crippen molar-refractivity contribution in [2.75, 3.05) is 0 Å². The molecule has 0 aliphatic rings. The molecule has 0 aliphatic carbocycles. The van der Waals surface area contributed by atoms with E-state index >= 15 is 0 Å². The maximum absolute atomic E-state index is 12.8. The van der Waals surface area contributed by atoms with Crippen LogP contribution in [0.4, 0.5) is 0 Å². The molecule has 0 fully saturated rings. The molecule has 0 saturated carbocycles. The molecule has 0 bridgehead atoms. The summed E-state index contributed by atoms with van der Waals surface area (Å²) in [6.07, 6.45) is 3.79. The molecule has 6 nitrogen and oxygen atoms in total. The fourth-order valence-corrected chi connectivity index (χ4v) is 2.70. The normalized spacial score (nSPS) is 12.2. The van der Waals surface area contributed by atoms with Crippen LogP contribution in [0.5, 0.6) is 0 Å². The number of nitrogens with zero attached hydrogens (tertiary/aromatic N) is 4. The van der Waals surface area contributed by atoms with Gasteiger partial charge >= 0.3 is 0 Å². The number of benzene rings is 1. The maximum atomic E-state index is 12.8. The summed E-state index contributed by atoms with van der Waals surface area (Å²) >= 11 is 0. The van der Waals surface area contributed by atoms with Crippen molar-refractivity contribution >= 4 is 16.8 Å². The SMILES string of the molecule is CCCCn1cc(C(=O)[C@@H](C#N)c2nc3ccccc3[nH]2)c(C)n1. The molecule has 0 unspecified atom stereocenters. The van der Waals surface area contributed by atoms with Crippen LogP contribution >= 0.6 is 0 Å². The largest absolute Gasteiger partial charge is 0.340 e. The van der Waals surface area contributed by atoms with Crippen LogP contribution in [-0.2, 0) is 6.54 Å². The lowest BCUT2D eigenvalue weighted by atomic mass is 9.99. The van der Waals surface area contributed by atoms with Crippen LogP contribution in [0.25, 0.3) is 11.0 Å². The second-order valence-corrected chi connectivity index (χ2v) is 5.81. The molecular weight excluding hydrogens is 302 g/mol. The van der Waals surface area contributed by atoms with Gasteiger partial charge in [0.05, 0.1) is 28.4 Å². The Morgan fingerprint density at radius 2 is 2.21 bits per heavy atom. The summed E-state index contributed by atoms with van der Waals surface area (Å²) in [5, 5.41) is 13.9. The van der Waals surface area contributed by atoms with Crippen molar-refractivity contribution in [3.05, 3.63) is 47.5 Å². The summed E-state index contributed by atoms with van der Waals surface area (Å²) in [5.74, 6) is -0.846. The highest BCUT2D eigenvalue weighted by Crippen LogP contribution is 2.22. The number of aryl methyl sites for hydroxylation is 2. The van der Waals surface area contributed by atoms with E-state index in [1.54, 1.807) is 17.8 Å². The molecule has 6 heteroatoms. The number of imidazole rings is 1. The van der Waals surface area contributed by atoms with E-state index in [4.69, 9.17) is 0 Å². The molecule has 2 aromatic heterocycles. The van der Waals surface area contributed by atoms with Gasteiger partial charge in [0.2, 0.25) is 0 Å². The summed E-state index contributed by atoms with van der Waals surface area (Å²) < 4.78 is 1.78. The average Bonchev–Trinajstić information content (AvgIpc) is 3.16. The zero-order chi connectivity index (χ0) is 17.1. The molecule has 0 spiro atoms. The first-order valence-corrected chi connectivity index (χ1v) is 8.06. The number of hydrogen-bond acceptors (Lipinski definition) is 4. The number of aromatic amines is 1. The smallest absolute Gasteiger partial charge is 0.191 e. The third-order valence-corrected chi connectivity index (χ3v) is 4.02. The van der Waals surface area contributed by atoms with Crippen molar-refractivity contribution in [2.24, 2.45) is 0 Å². The molecule has 0 radical (unpaired) electrons. The molecule has 0 aliphatic heterocycles. The van der Waals surface area contributed by atoms with Crippen LogP contribution in [0, 0.1) is 18.3 Å². The van der Waals surface area contributed by atoms with E-state index in [0.29, 0.717) is 17.1 Å². The number of hydrogen-bond donors (Lipinski definition) is 1. The van der Waals surface area contributed by atoms with Gasteiger partial charge in [-0.1, -0.05) is 25.5 Å². The van der Waals surface area contributed by atoms with Crippen LogP contribution in [0.15, 0.2) is 30.5 Å². The quantitative estimate of drug-likeness (QED) is 0.705. The summed E-state index contributed by atoms with van der Waals surface area (Å²) in [6.45, 7) is 4.67. The van der Waals surface area contributed by atoms with E-state index in [2.05, 4.69) is 28.1 Å². The Balaban J connectivity index is 1.92. The second-order valence-electron chi connectivity index (χ2n) is 5.81. The van der Waals surface area contributed by atoms with E-state index in [-0.39, 0.29) is 5.78 Å². The number of fused-ring (bicyclic) bond motifs is 1. The number of unbranched alkanes of at least 4 members (excludes halogenated alkanes) is 1. The lowest BCUT2D eigenvalue weighted by Gasteiger charge is -2.03. The van der Waals surface area contributed by atoms with Crippen LogP contribution in [0.3, 0.4) is 0 Å². The molecular formula is C18H19N5O. The number of rotatable bonds is 6. The fraction of sp³-hybridized carbons (Fsp3) is 0.333. The second kappa shape index (κ2) is 6.67. The molecule has 3 aromatic rings. The predicted octanol–water partition coefficient (Wildman–Crippen LogP) is 3.36. The van der Waals surface area contributed by atoms with Gasteiger partial charge in [-0.15, -0.1) is 0 Å². The molecule has 1 atom stereocenters. The van der Waals surface area contributed by atoms with E-state index < -0.39 is 5.92 Å². The Hall–Kier alpha value is -2.94. The standard InChI is InChI=1S/C18H19N5O/c1-3-4-9-23-11-14(12(2)22-23)17(24)13(10-19)18-20-15-7-5-6-8-16(15)21-18/h5-8,11,13H,3-4,9H2,1-2H3,(H,20,21)/t13-/m1/s1. The van der Waals surface area contributed by atoms with E-state index in [1.807, 2.05) is 24.3 Å². The van der Waals surface area contributed by atoms with Gasteiger partial charge in [0.25, 0.3) is 0 Å². The van der Waals surface area contributed by atoms with Gasteiger partial charge in [-0.05, 0) is 25.5 Å². The van der Waals surface area contributed by atoms with Crippen molar-refractivity contribution in [3.8, 4) is 6.07 Å². The Bertz CT molecular complexity index is 882. The van der Waals surface area contributed by atoms with Crippen molar-refractivity contribution in [1.29, 1.82) is 5.26 Å². The van der Waals surface area contributed by atoms with Gasteiger partial charge in [-0.25, -0.2) is 4.98 Å². The molecule has 3 rings (SSSR count). The molecule has 2 heterocycles. The number of nitrogens with one attached hydrogen (secondary N) is 1. The van der Waals surface area contributed by atoms with Crippen LogP contribution in [-0.4, -0.2) is 25.5 Å². The Morgan fingerprint density at radius 1 is 1.42 bits per heavy atom. The molecule has 24 heavy (non-hydrogen) atoms. The predicted molar refractivity (Wildman–Crippen MR) is 90.7 cm³/mol. The van der Waals surface area contributed by atoms with E-state index in [9.17, 15) is 10.1 Å². The van der Waals surface area contributed by atoms with Crippen molar-refractivity contribution < 1.29 is 4.79 Å². The minimum atomic E-state index is -0.958. The highest BCUT2D eigenvalue weighted by Gasteiger charge is 2.27. The third-order valence-electron chi connectivity index (χ3n) is 4.02. The monoisotopic (exact) mass is 321 g/mol. The van der Waals surface area contributed by atoms with Gasteiger partial charge in [0, 0.05) is 12.7 Å². The molecule has 0 amide bonds. The number of Topliss-reactive ketones (excluding diaryl/α,β-unsaturated/α-hetero) is 1. The number of para-hydroxylation sites is 2. The molecule has 122 valence electrons. The average molecular weight is 321 g/mol. The highest BCUT2D eigenvalue weighted by atomic mass is 16.1. The summed E-state index contributed by atoms with van der Waals surface area (Å²) in [7, 11) is 0. The van der Waals surface area contributed by atoms with Crippen LogP contribution in [0.1, 0.15) is 47.6 Å². The number of aromatic nitrogens is 4. The van der Waals surface area contributed by atoms with Crippen molar-refractivity contribution in [3.63, 3.8) is 0 Å². The van der Waals surface area contributed by atoms with Crippen LogP contribution in [0.2, 0.25) is 0 Å². The topological polar surface area (TPSA) is 87.4 Å². The van der Waals surface area contributed by atoms with Gasteiger partial charge in [-0.2, -0.15) is 10.4 Å². The maximum Gasteiger partial charge on any atom is 0.191 e. The number of ketones is 1. The highest BCUT2D eigenvalue weighted by molar-refractivity contribution is 6.03. The summed E-state index contributed by atoms with van der Waals surface area (Å²) in [6, 6.07) is 9.56. The van der Waals surface area contributed by atoms with Gasteiger partial charge < -0.3 is 4.98 Å². The van der Waals surface area contributed by atoms with Crippen LogP contribution < -0.4 is 0 Å². The van der Waals surface area contributed by atoms with Gasteiger partial charge in [0.1, 0.15) is 5.82 Å². The first-order chi connectivity index (χ1) is 11.6. The zero-order valence-electron chi connectivity index (χ0n) is 13.8. The number of nitriles is 1. The Kier molecular flexibility index (Phi) is 4.43. The first-order valence-electron chi connectivity index (χ1n) is 8.06. The van der Waals surface area contributed by atoms with E-state index in [0.717, 1.165) is 30.4 Å². The summed E-state index contributed by atoms with van der Waals surface area (Å²) in [5.41, 5.74) is 2.69. The van der Waals surface area contributed by atoms with Gasteiger partial charge in [-0.3, -0.25) is 9.48 Å². The van der Waals surface area contributed by atoms with Crippen molar-refractivity contribution in [2.45, 2.75) is 39.2 Å². The number of H-pyrrole nitrogens is 1. The number of carbonyl (C=O) groups excluding carboxylic acids is 1. The first kappa shape index (κ1) is 15.9. The van der Waals surface area contributed by atoms with Crippen molar-refractivity contribution in [1.82, 2.24) is 19.7 Å². The summed E-state index contributed by atoms with van der Waals surface area (Å²) in [4.78, 5) is 20.3. The Labute approximate surface area is 140 Å². The lowest BCUT2D eigenvalue weighted by Crippen LogP contribution is -2.13. The molecule has 1 N–H and O–H groups in total. The van der Waals surface area contributed by atoms with Gasteiger partial charge in [0.15, 0.2) is 11.7 Å². The number of carbonyl (C=O) groups is 1. The molecule has 1 aromatic carbocycles. The minimum absolute atomic E-state index is 0.267. The Morgan fingerprint density at radius 3 is 2.92 bits per heavy atom. The zero-order valence-corrected chi connectivity index (χ0v) is 13.8. The molecule has 0 saturated heterocycles. The minimum Gasteiger partial charge on any atom is -0.340 e. The third kappa shape index (κ3) is 2.93. The lowest BCUT2D eigenvalue weighted by molar-refractivity contribution is 0.0976.